The van der Waals surface area contributed by atoms with Crippen molar-refractivity contribution in [2.75, 3.05) is 0 Å². The van der Waals surface area contributed by atoms with Gasteiger partial charge in [0.15, 0.2) is 0 Å². The normalized spacial score (nSPS) is 9.86. The van der Waals surface area contributed by atoms with Crippen molar-refractivity contribution in [3.05, 3.63) is 47.5 Å². The summed E-state index contributed by atoms with van der Waals surface area (Å²) < 4.78 is 0. The molecule has 1 aromatic carbocycles. The lowest BCUT2D eigenvalue weighted by molar-refractivity contribution is 1.14. The molecule has 0 saturated carbocycles. The van der Waals surface area contributed by atoms with E-state index in [0.717, 1.165) is 6.42 Å². The first-order chi connectivity index (χ1) is 6.31. The van der Waals surface area contributed by atoms with Crippen LogP contribution in [0.25, 0.3) is 12.2 Å². The minimum Gasteiger partial charge on any atom is -0.0984 e. The van der Waals surface area contributed by atoms with Crippen LogP contribution in [0.5, 0.6) is 0 Å². The Labute approximate surface area is 88.0 Å². The lowest BCUT2D eigenvalue weighted by Gasteiger charge is -2.03. The van der Waals surface area contributed by atoms with E-state index in [4.69, 9.17) is 0 Å². The number of aryl methyl sites for hydroxylation is 1. The second-order valence-electron chi connectivity index (χ2n) is 3.02. The van der Waals surface area contributed by atoms with Crippen molar-refractivity contribution in [2.45, 2.75) is 27.7 Å². The van der Waals surface area contributed by atoms with Gasteiger partial charge in [0.05, 0.1) is 0 Å². The van der Waals surface area contributed by atoms with Gasteiger partial charge in [0.25, 0.3) is 0 Å². The molecule has 0 N–H and O–H groups in total. The van der Waals surface area contributed by atoms with Crippen LogP contribution in [0.3, 0.4) is 0 Å². The average Bonchev–Trinajstić information content (AvgIpc) is 2.19. The maximum atomic E-state index is 3.82. The zero-order chi connectivity index (χ0) is 9.68. The lowest BCUT2D eigenvalue weighted by atomic mass is 10.0. The average molecular weight is 188 g/mol. The highest BCUT2D eigenvalue weighted by Gasteiger charge is 1.96. The van der Waals surface area contributed by atoms with Gasteiger partial charge in [-0.15, -0.1) is 0 Å². The molecule has 14 heavy (non-hydrogen) atoms. The number of hydrogen-bond acceptors (Lipinski definition) is 0. The predicted molar refractivity (Wildman–Crippen MR) is 67.4 cm³/mol. The van der Waals surface area contributed by atoms with Gasteiger partial charge < -0.3 is 0 Å². The van der Waals surface area contributed by atoms with E-state index in [1.807, 2.05) is 19.1 Å². The minimum absolute atomic E-state index is 0. The molecular weight excluding hydrogens is 168 g/mol. The smallest absolute Gasteiger partial charge is 0.0187 e. The molecular formula is C14H20. The molecule has 0 spiro atoms. The fourth-order valence-electron chi connectivity index (χ4n) is 1.35. The first-order valence-corrected chi connectivity index (χ1v) is 4.69. The molecule has 0 aliphatic rings. The SMILES string of the molecule is C.C=Cc1cc(CC)ccc1/C=C\C. The number of hydrogen-bond donors (Lipinski definition) is 0. The van der Waals surface area contributed by atoms with Gasteiger partial charge >= 0.3 is 0 Å². The van der Waals surface area contributed by atoms with E-state index in [1.54, 1.807) is 0 Å². The van der Waals surface area contributed by atoms with Crippen molar-refractivity contribution >= 4 is 12.2 Å². The maximum Gasteiger partial charge on any atom is -0.0187 e. The van der Waals surface area contributed by atoms with Gasteiger partial charge in [0, 0.05) is 0 Å². The van der Waals surface area contributed by atoms with E-state index in [1.165, 1.54) is 16.7 Å². The van der Waals surface area contributed by atoms with E-state index in [-0.39, 0.29) is 7.43 Å². The molecule has 0 nitrogen and oxygen atoms in total. The Hall–Kier alpha value is -1.30. The molecule has 0 amide bonds. The van der Waals surface area contributed by atoms with Crippen molar-refractivity contribution < 1.29 is 0 Å². The highest BCUT2D eigenvalue weighted by atomic mass is 14.0. The second-order valence-corrected chi connectivity index (χ2v) is 3.02. The number of benzene rings is 1. The highest BCUT2D eigenvalue weighted by Crippen LogP contribution is 2.15. The molecule has 1 aromatic rings. The molecule has 1 rings (SSSR count). The van der Waals surface area contributed by atoms with E-state index in [9.17, 15) is 0 Å². The Morgan fingerprint density at radius 2 is 2.00 bits per heavy atom. The Bertz CT molecular complexity index is 319. The monoisotopic (exact) mass is 188 g/mol. The Balaban J connectivity index is 0.00000169. The van der Waals surface area contributed by atoms with Crippen molar-refractivity contribution in [2.24, 2.45) is 0 Å². The summed E-state index contributed by atoms with van der Waals surface area (Å²) in [4.78, 5) is 0. The summed E-state index contributed by atoms with van der Waals surface area (Å²) in [5.74, 6) is 0. The summed E-state index contributed by atoms with van der Waals surface area (Å²) in [6.45, 7) is 8.01. The van der Waals surface area contributed by atoms with Crippen molar-refractivity contribution in [3.8, 4) is 0 Å². The molecule has 0 aliphatic heterocycles. The van der Waals surface area contributed by atoms with Crippen LogP contribution < -0.4 is 0 Å². The summed E-state index contributed by atoms with van der Waals surface area (Å²) in [5.41, 5.74) is 3.83. The molecule has 0 atom stereocenters. The van der Waals surface area contributed by atoms with E-state index < -0.39 is 0 Å². The zero-order valence-electron chi connectivity index (χ0n) is 8.38. The van der Waals surface area contributed by atoms with E-state index in [2.05, 4.69) is 37.8 Å². The van der Waals surface area contributed by atoms with Crippen LogP contribution in [0.4, 0.5) is 0 Å². The number of rotatable bonds is 3. The molecule has 0 fully saturated rings. The van der Waals surface area contributed by atoms with Crippen molar-refractivity contribution in [1.29, 1.82) is 0 Å². The van der Waals surface area contributed by atoms with Gasteiger partial charge in [-0.05, 0) is 30.0 Å². The molecule has 0 radical (unpaired) electrons. The van der Waals surface area contributed by atoms with Crippen LogP contribution in [0.1, 0.15) is 38.0 Å². The third kappa shape index (κ3) is 2.88. The van der Waals surface area contributed by atoms with Crippen LogP contribution in [0.15, 0.2) is 30.9 Å². The predicted octanol–water partition coefficient (Wildman–Crippen LogP) is 4.56. The van der Waals surface area contributed by atoms with Crippen LogP contribution >= 0.6 is 0 Å². The van der Waals surface area contributed by atoms with Gasteiger partial charge in [-0.1, -0.05) is 57.4 Å². The molecule has 0 heteroatoms. The summed E-state index contributed by atoms with van der Waals surface area (Å²) in [5, 5.41) is 0. The van der Waals surface area contributed by atoms with E-state index in [0.29, 0.717) is 0 Å². The molecule has 0 aliphatic carbocycles. The Kier molecular flexibility index (Phi) is 5.62. The summed E-state index contributed by atoms with van der Waals surface area (Å²) in [6, 6.07) is 6.51. The highest BCUT2D eigenvalue weighted by molar-refractivity contribution is 5.64. The maximum absolute atomic E-state index is 3.82. The van der Waals surface area contributed by atoms with Gasteiger partial charge in [-0.2, -0.15) is 0 Å². The molecule has 0 saturated heterocycles. The van der Waals surface area contributed by atoms with Crippen molar-refractivity contribution in [1.82, 2.24) is 0 Å². The third-order valence-electron chi connectivity index (χ3n) is 2.13. The van der Waals surface area contributed by atoms with Gasteiger partial charge in [0.2, 0.25) is 0 Å². The van der Waals surface area contributed by atoms with Crippen LogP contribution in [-0.2, 0) is 6.42 Å². The lowest BCUT2D eigenvalue weighted by Crippen LogP contribution is -1.85. The summed E-state index contributed by atoms with van der Waals surface area (Å²) >= 11 is 0. The first-order valence-electron chi connectivity index (χ1n) is 4.69. The fourth-order valence-corrected chi connectivity index (χ4v) is 1.35. The molecule has 0 unspecified atom stereocenters. The van der Waals surface area contributed by atoms with E-state index >= 15 is 0 Å². The van der Waals surface area contributed by atoms with Gasteiger partial charge in [-0.25, -0.2) is 0 Å². The number of allylic oxidation sites excluding steroid dienone is 1. The molecule has 0 aromatic heterocycles. The van der Waals surface area contributed by atoms with Crippen LogP contribution in [0, 0.1) is 0 Å². The van der Waals surface area contributed by atoms with Crippen LogP contribution in [0.2, 0.25) is 0 Å². The van der Waals surface area contributed by atoms with Crippen LogP contribution in [-0.4, -0.2) is 0 Å². The molecule has 0 heterocycles. The fraction of sp³-hybridized carbons (Fsp3) is 0.286. The summed E-state index contributed by atoms with van der Waals surface area (Å²) in [7, 11) is 0. The third-order valence-corrected chi connectivity index (χ3v) is 2.13. The first kappa shape index (κ1) is 12.7. The largest absolute Gasteiger partial charge is 0.0984 e. The zero-order valence-corrected chi connectivity index (χ0v) is 8.38. The van der Waals surface area contributed by atoms with Gasteiger partial charge in [0.1, 0.15) is 0 Å². The Morgan fingerprint density at radius 3 is 2.50 bits per heavy atom. The topological polar surface area (TPSA) is 0 Å². The Morgan fingerprint density at radius 1 is 1.29 bits per heavy atom. The summed E-state index contributed by atoms with van der Waals surface area (Å²) in [6.07, 6.45) is 7.15. The molecule has 0 bridgehead atoms. The van der Waals surface area contributed by atoms with Gasteiger partial charge in [-0.3, -0.25) is 0 Å². The second kappa shape index (κ2) is 6.20. The van der Waals surface area contributed by atoms with Crippen molar-refractivity contribution in [3.63, 3.8) is 0 Å². The quantitative estimate of drug-likeness (QED) is 0.652. The molecule has 76 valence electrons. The minimum atomic E-state index is 0. The standard InChI is InChI=1S/C13H16.CH4/c1-4-7-13-9-8-11(5-2)10-12(13)6-3;/h4,6-10H,3,5H2,1-2H3;1H4/b7-4-;.